The first-order chi connectivity index (χ1) is 13.9. The van der Waals surface area contributed by atoms with Crippen LogP contribution in [-0.2, 0) is 10.9 Å². The van der Waals surface area contributed by atoms with Gasteiger partial charge in [0.1, 0.15) is 5.82 Å². The summed E-state index contributed by atoms with van der Waals surface area (Å²) in [7, 11) is 2.05. The van der Waals surface area contributed by atoms with E-state index >= 15 is 0 Å². The number of rotatable bonds is 9. The van der Waals surface area contributed by atoms with Crippen molar-refractivity contribution in [3.05, 3.63) is 23.9 Å². The van der Waals surface area contributed by atoms with Crippen molar-refractivity contribution in [1.29, 1.82) is 0 Å². The van der Waals surface area contributed by atoms with E-state index < -0.39 is 11.7 Å². The summed E-state index contributed by atoms with van der Waals surface area (Å²) < 4.78 is 43.0. The summed E-state index contributed by atoms with van der Waals surface area (Å²) in [6.45, 7) is 6.73. The number of ether oxygens (including phenoxy) is 1. The molecule has 0 aromatic carbocycles. The molecule has 1 aromatic heterocycles. The maximum Gasteiger partial charge on any atom is 0.417 e. The lowest BCUT2D eigenvalue weighted by Gasteiger charge is -2.26. The molecule has 0 spiro atoms. The van der Waals surface area contributed by atoms with Gasteiger partial charge < -0.3 is 20.3 Å². The number of aliphatic imine (C=N–C) groups is 1. The summed E-state index contributed by atoms with van der Waals surface area (Å²) in [6.07, 6.45) is 0.629. The number of anilines is 1. The number of alkyl halides is 3. The smallest absolute Gasteiger partial charge is 0.381 e. The zero-order chi connectivity index (χ0) is 21.1. The normalized spacial score (nSPS) is 15.4. The molecule has 172 valence electrons. The molecule has 1 saturated heterocycles. The lowest BCUT2D eigenvalue weighted by molar-refractivity contribution is -0.137. The van der Waals surface area contributed by atoms with Gasteiger partial charge in [0, 0.05) is 52.6 Å². The van der Waals surface area contributed by atoms with E-state index in [0.29, 0.717) is 18.9 Å². The molecule has 2 rings (SSSR count). The van der Waals surface area contributed by atoms with Crippen LogP contribution in [0.25, 0.3) is 0 Å². The van der Waals surface area contributed by atoms with Crippen molar-refractivity contribution in [3.63, 3.8) is 0 Å². The molecule has 0 amide bonds. The van der Waals surface area contributed by atoms with Crippen LogP contribution in [0.1, 0.15) is 38.2 Å². The van der Waals surface area contributed by atoms with Gasteiger partial charge in [-0.1, -0.05) is 0 Å². The lowest BCUT2D eigenvalue weighted by atomic mass is 9.96. The number of nitrogens with one attached hydrogen (secondary N) is 2. The van der Waals surface area contributed by atoms with Crippen LogP contribution >= 0.6 is 24.0 Å². The van der Waals surface area contributed by atoms with Crippen LogP contribution in [0.15, 0.2) is 23.3 Å². The third kappa shape index (κ3) is 9.67. The van der Waals surface area contributed by atoms with Crippen molar-refractivity contribution in [2.24, 2.45) is 10.9 Å². The molecule has 0 bridgehead atoms. The molecule has 2 N–H and O–H groups in total. The highest BCUT2D eigenvalue weighted by Gasteiger charge is 2.30. The van der Waals surface area contributed by atoms with Crippen LogP contribution in [0, 0.1) is 5.92 Å². The van der Waals surface area contributed by atoms with E-state index in [2.05, 4.69) is 25.5 Å². The highest BCUT2D eigenvalue weighted by molar-refractivity contribution is 14.0. The second-order valence-electron chi connectivity index (χ2n) is 7.21. The van der Waals surface area contributed by atoms with E-state index in [0.717, 1.165) is 76.1 Å². The van der Waals surface area contributed by atoms with Gasteiger partial charge in [-0.3, -0.25) is 4.99 Å². The number of nitrogens with zero attached hydrogens (tertiary/aromatic N) is 3. The molecule has 2 heterocycles. The first kappa shape index (κ1) is 26.7. The van der Waals surface area contributed by atoms with Crippen LogP contribution in [0.4, 0.5) is 19.0 Å². The van der Waals surface area contributed by atoms with Gasteiger partial charge in [0.05, 0.1) is 5.56 Å². The number of aromatic nitrogens is 1. The maximum atomic E-state index is 12.5. The Balaban J connectivity index is 0.00000450. The van der Waals surface area contributed by atoms with Gasteiger partial charge in [0.15, 0.2) is 5.96 Å². The highest BCUT2D eigenvalue weighted by atomic mass is 127. The second-order valence-corrected chi connectivity index (χ2v) is 7.21. The first-order valence-electron chi connectivity index (χ1n) is 10.2. The van der Waals surface area contributed by atoms with Crippen molar-refractivity contribution in [1.82, 2.24) is 15.2 Å². The van der Waals surface area contributed by atoms with Crippen LogP contribution in [0.5, 0.6) is 0 Å². The van der Waals surface area contributed by atoms with Crippen LogP contribution in [0.3, 0.4) is 0 Å². The minimum atomic E-state index is -4.36. The fraction of sp³-hybridized carbons (Fsp3) is 0.700. The number of guanidine groups is 1. The average Bonchev–Trinajstić information content (AvgIpc) is 2.71. The van der Waals surface area contributed by atoms with Crippen LogP contribution in [-0.4, -0.2) is 62.3 Å². The quantitative estimate of drug-likeness (QED) is 0.211. The summed E-state index contributed by atoms with van der Waals surface area (Å²) >= 11 is 0. The Bertz CT molecular complexity index is 622. The summed E-state index contributed by atoms with van der Waals surface area (Å²) in [6, 6.07) is 2.38. The summed E-state index contributed by atoms with van der Waals surface area (Å²) in [5, 5.41) is 6.34. The molecule has 0 atom stereocenters. The van der Waals surface area contributed by atoms with E-state index in [1.807, 2.05) is 14.0 Å². The Hall–Kier alpha value is -1.30. The molecule has 6 nitrogen and oxygen atoms in total. The predicted molar refractivity (Wildman–Crippen MR) is 125 cm³/mol. The number of hydrogen-bond acceptors (Lipinski definition) is 4. The Kier molecular flexibility index (Phi) is 12.4. The summed E-state index contributed by atoms with van der Waals surface area (Å²) in [5.41, 5.74) is -0.744. The van der Waals surface area contributed by atoms with Crippen molar-refractivity contribution in [3.8, 4) is 0 Å². The third-order valence-corrected chi connectivity index (χ3v) is 4.90. The summed E-state index contributed by atoms with van der Waals surface area (Å²) in [4.78, 5) is 10.6. The Morgan fingerprint density at radius 1 is 1.30 bits per heavy atom. The van der Waals surface area contributed by atoms with Gasteiger partial charge in [-0.25, -0.2) is 4.98 Å². The van der Waals surface area contributed by atoms with Crippen molar-refractivity contribution < 1.29 is 17.9 Å². The first-order valence-corrected chi connectivity index (χ1v) is 10.2. The van der Waals surface area contributed by atoms with E-state index in [-0.39, 0.29) is 24.0 Å². The van der Waals surface area contributed by atoms with Crippen molar-refractivity contribution in [2.75, 3.05) is 51.8 Å². The Morgan fingerprint density at radius 3 is 2.63 bits per heavy atom. The SMILES string of the molecule is CCNC(=NCCCNc1ccc(C(F)(F)F)cn1)N(C)CCC1CCOCC1.I. The molecular formula is C20H33F3IN5O. The molecule has 30 heavy (non-hydrogen) atoms. The topological polar surface area (TPSA) is 61.8 Å². The Morgan fingerprint density at radius 2 is 2.03 bits per heavy atom. The minimum Gasteiger partial charge on any atom is -0.381 e. The molecule has 1 aromatic rings. The van der Waals surface area contributed by atoms with Crippen LogP contribution in [0.2, 0.25) is 0 Å². The minimum absolute atomic E-state index is 0. The molecule has 0 radical (unpaired) electrons. The predicted octanol–water partition coefficient (Wildman–Crippen LogP) is 4.23. The van der Waals surface area contributed by atoms with Gasteiger partial charge in [0.25, 0.3) is 0 Å². The molecule has 1 fully saturated rings. The monoisotopic (exact) mass is 543 g/mol. The third-order valence-electron chi connectivity index (χ3n) is 4.90. The zero-order valence-corrected chi connectivity index (χ0v) is 20.0. The Labute approximate surface area is 194 Å². The van der Waals surface area contributed by atoms with Gasteiger partial charge in [-0.15, -0.1) is 24.0 Å². The van der Waals surface area contributed by atoms with E-state index in [4.69, 9.17) is 4.74 Å². The van der Waals surface area contributed by atoms with Crippen LogP contribution < -0.4 is 10.6 Å². The second kappa shape index (κ2) is 13.9. The number of halogens is 4. The van der Waals surface area contributed by atoms with Gasteiger partial charge in [-0.2, -0.15) is 13.2 Å². The zero-order valence-electron chi connectivity index (χ0n) is 17.7. The fourth-order valence-corrected chi connectivity index (χ4v) is 3.13. The van der Waals surface area contributed by atoms with E-state index in [1.54, 1.807) is 0 Å². The lowest BCUT2D eigenvalue weighted by Crippen LogP contribution is -2.40. The maximum absolute atomic E-state index is 12.5. The molecule has 10 heteroatoms. The van der Waals surface area contributed by atoms with Gasteiger partial charge in [-0.05, 0) is 50.7 Å². The highest BCUT2D eigenvalue weighted by Crippen LogP contribution is 2.28. The number of pyridine rings is 1. The van der Waals surface area contributed by atoms with E-state index in [1.165, 1.54) is 6.07 Å². The average molecular weight is 543 g/mol. The molecule has 0 aliphatic carbocycles. The van der Waals surface area contributed by atoms with Crippen molar-refractivity contribution >= 4 is 35.8 Å². The molecular weight excluding hydrogens is 510 g/mol. The van der Waals surface area contributed by atoms with Gasteiger partial charge in [0.2, 0.25) is 0 Å². The van der Waals surface area contributed by atoms with Crippen molar-refractivity contribution in [2.45, 2.75) is 38.8 Å². The largest absolute Gasteiger partial charge is 0.417 e. The standard InChI is InChI=1S/C20H32F3N5O.HI/c1-3-24-19(28(2)12-7-16-8-13-29-14-9-16)26-11-4-10-25-18-6-5-17(15-27-18)20(21,22)23;/h5-6,15-16H,3-4,7-14H2,1-2H3,(H,24,26)(H,25,27);1H. The summed E-state index contributed by atoms with van der Waals surface area (Å²) in [5.74, 6) is 2.03. The molecule has 1 aliphatic heterocycles. The number of hydrogen-bond donors (Lipinski definition) is 2. The van der Waals surface area contributed by atoms with Gasteiger partial charge >= 0.3 is 6.18 Å². The fourth-order valence-electron chi connectivity index (χ4n) is 3.13. The molecule has 0 unspecified atom stereocenters. The molecule has 1 aliphatic rings. The van der Waals surface area contributed by atoms with E-state index in [9.17, 15) is 13.2 Å². The molecule has 0 saturated carbocycles.